The van der Waals surface area contributed by atoms with Crippen molar-refractivity contribution >= 4 is 46.6 Å². The number of hydrogen-bond donors (Lipinski definition) is 1. The van der Waals surface area contributed by atoms with Gasteiger partial charge in [-0.3, -0.25) is 4.79 Å². The van der Waals surface area contributed by atoms with E-state index in [1.807, 2.05) is 49.6 Å². The average Bonchev–Trinajstić information content (AvgIpc) is 3.10. The van der Waals surface area contributed by atoms with Crippen LogP contribution in [0, 0.1) is 6.92 Å². The molecule has 6 nitrogen and oxygen atoms in total. The van der Waals surface area contributed by atoms with Gasteiger partial charge in [-0.15, -0.1) is 10.2 Å². The molecule has 0 aliphatic rings. The lowest BCUT2D eigenvalue weighted by atomic mass is 10.2. The molecular formula is C21H22Cl2N4O2S. The van der Waals surface area contributed by atoms with Crippen LogP contribution in [0.15, 0.2) is 47.6 Å². The molecule has 0 aliphatic carbocycles. The Morgan fingerprint density at radius 3 is 2.57 bits per heavy atom. The second-order valence-electron chi connectivity index (χ2n) is 6.61. The number of thioether (sulfide) groups is 1. The number of nitrogens with one attached hydrogen (secondary N) is 1. The van der Waals surface area contributed by atoms with E-state index in [2.05, 4.69) is 15.5 Å². The highest BCUT2D eigenvalue weighted by atomic mass is 35.5. The molecule has 1 amide bonds. The number of hydrogen-bond acceptors (Lipinski definition) is 5. The smallest absolute Gasteiger partial charge is 0.234 e. The van der Waals surface area contributed by atoms with Crippen LogP contribution in [-0.4, -0.2) is 26.4 Å². The van der Waals surface area contributed by atoms with E-state index in [9.17, 15) is 4.79 Å². The number of halogens is 2. The van der Waals surface area contributed by atoms with Gasteiger partial charge in [-0.25, -0.2) is 0 Å². The minimum absolute atomic E-state index is 0.176. The number of anilines is 1. The van der Waals surface area contributed by atoms with E-state index in [-0.39, 0.29) is 17.8 Å². The zero-order valence-electron chi connectivity index (χ0n) is 16.9. The number of rotatable bonds is 8. The predicted octanol–water partition coefficient (Wildman–Crippen LogP) is 5.78. The highest BCUT2D eigenvalue weighted by Gasteiger charge is 2.20. The summed E-state index contributed by atoms with van der Waals surface area (Å²) in [6.45, 7) is 6.61. The fourth-order valence-electron chi connectivity index (χ4n) is 2.89. The molecule has 30 heavy (non-hydrogen) atoms. The van der Waals surface area contributed by atoms with E-state index in [0.717, 1.165) is 11.3 Å². The van der Waals surface area contributed by atoms with Gasteiger partial charge in [0.05, 0.1) is 5.75 Å². The van der Waals surface area contributed by atoms with Crippen molar-refractivity contribution in [3.63, 3.8) is 0 Å². The number of aryl methyl sites for hydroxylation is 1. The summed E-state index contributed by atoms with van der Waals surface area (Å²) in [4.78, 5) is 12.3. The number of para-hydroxylation sites is 1. The topological polar surface area (TPSA) is 69.0 Å². The summed E-state index contributed by atoms with van der Waals surface area (Å²) in [5.74, 6) is 1.51. The lowest BCUT2D eigenvalue weighted by molar-refractivity contribution is -0.113. The normalized spacial score (nSPS) is 11.9. The molecule has 3 aromatic rings. The van der Waals surface area contributed by atoms with E-state index >= 15 is 0 Å². The largest absolute Gasteiger partial charge is 0.482 e. The number of carbonyl (C=O) groups is 1. The van der Waals surface area contributed by atoms with Gasteiger partial charge in [0.15, 0.2) is 17.1 Å². The molecule has 3 rings (SSSR count). The monoisotopic (exact) mass is 464 g/mol. The highest BCUT2D eigenvalue weighted by molar-refractivity contribution is 7.99. The lowest BCUT2D eigenvalue weighted by Gasteiger charge is -2.17. The fourth-order valence-corrected chi connectivity index (χ4v) is 4.23. The van der Waals surface area contributed by atoms with Crippen LogP contribution in [0.4, 0.5) is 5.69 Å². The van der Waals surface area contributed by atoms with E-state index in [4.69, 9.17) is 27.9 Å². The number of nitrogens with zero attached hydrogens (tertiary/aromatic N) is 3. The predicted molar refractivity (Wildman–Crippen MR) is 122 cm³/mol. The van der Waals surface area contributed by atoms with E-state index < -0.39 is 0 Å². The quantitative estimate of drug-likeness (QED) is 0.427. The molecule has 2 aromatic carbocycles. The molecule has 0 saturated heterocycles. The first kappa shape index (κ1) is 22.5. The minimum Gasteiger partial charge on any atom is -0.482 e. The second-order valence-corrected chi connectivity index (χ2v) is 8.42. The summed E-state index contributed by atoms with van der Waals surface area (Å²) >= 11 is 13.3. The molecule has 0 aliphatic heterocycles. The van der Waals surface area contributed by atoms with Gasteiger partial charge in [0, 0.05) is 22.3 Å². The van der Waals surface area contributed by atoms with Crippen molar-refractivity contribution in [2.45, 2.75) is 38.6 Å². The first-order chi connectivity index (χ1) is 14.4. The molecule has 0 saturated carbocycles. The SMILES string of the molecule is CCn1c(SCC(=O)Nc2cc(Cl)cc(Cl)c2)nnc1C(C)Oc1ccccc1C. The second kappa shape index (κ2) is 10.2. The van der Waals surface area contributed by atoms with Gasteiger partial charge >= 0.3 is 0 Å². The third-order valence-electron chi connectivity index (χ3n) is 4.30. The van der Waals surface area contributed by atoms with Gasteiger partial charge in [0.25, 0.3) is 0 Å². The maximum atomic E-state index is 12.3. The van der Waals surface area contributed by atoms with Crippen LogP contribution in [0.3, 0.4) is 0 Å². The summed E-state index contributed by atoms with van der Waals surface area (Å²) in [5, 5.41) is 12.9. The Hall–Kier alpha value is -2.22. The van der Waals surface area contributed by atoms with Crippen molar-refractivity contribution in [3.8, 4) is 5.75 Å². The van der Waals surface area contributed by atoms with Gasteiger partial charge in [0.2, 0.25) is 5.91 Å². The Balaban J connectivity index is 1.65. The molecule has 9 heteroatoms. The maximum absolute atomic E-state index is 12.3. The molecule has 1 atom stereocenters. The standard InChI is InChI=1S/C21H22Cl2N4O2S/c1-4-27-20(14(3)29-18-8-6-5-7-13(18)2)25-26-21(27)30-12-19(28)24-17-10-15(22)9-16(23)11-17/h5-11,14H,4,12H2,1-3H3,(H,24,28). The average molecular weight is 465 g/mol. The lowest BCUT2D eigenvalue weighted by Crippen LogP contribution is -2.15. The van der Waals surface area contributed by atoms with Crippen LogP contribution >= 0.6 is 35.0 Å². The molecular weight excluding hydrogens is 443 g/mol. The minimum atomic E-state index is -0.282. The third kappa shape index (κ3) is 5.68. The van der Waals surface area contributed by atoms with Crippen molar-refractivity contribution in [3.05, 3.63) is 63.9 Å². The first-order valence-electron chi connectivity index (χ1n) is 9.41. The Morgan fingerprint density at radius 2 is 1.90 bits per heavy atom. The van der Waals surface area contributed by atoms with Crippen molar-refractivity contribution in [1.29, 1.82) is 0 Å². The van der Waals surface area contributed by atoms with Crippen LogP contribution < -0.4 is 10.1 Å². The van der Waals surface area contributed by atoms with Crippen molar-refractivity contribution < 1.29 is 9.53 Å². The molecule has 1 heterocycles. The summed E-state index contributed by atoms with van der Waals surface area (Å²) in [6.07, 6.45) is -0.282. The van der Waals surface area contributed by atoms with Crippen LogP contribution in [-0.2, 0) is 11.3 Å². The van der Waals surface area contributed by atoms with Crippen LogP contribution in [0.1, 0.15) is 31.3 Å². The van der Waals surface area contributed by atoms with E-state index in [0.29, 0.717) is 33.3 Å². The Kier molecular flexibility index (Phi) is 7.64. The van der Waals surface area contributed by atoms with Gasteiger partial charge in [-0.05, 0) is 50.6 Å². The Bertz CT molecular complexity index is 1020. The van der Waals surface area contributed by atoms with Crippen molar-refractivity contribution in [2.24, 2.45) is 0 Å². The maximum Gasteiger partial charge on any atom is 0.234 e. The van der Waals surface area contributed by atoms with E-state index in [1.165, 1.54) is 11.8 Å². The van der Waals surface area contributed by atoms with Crippen LogP contribution in [0.5, 0.6) is 5.75 Å². The summed E-state index contributed by atoms with van der Waals surface area (Å²) in [5.41, 5.74) is 1.61. The number of carbonyl (C=O) groups excluding carboxylic acids is 1. The number of benzene rings is 2. The molecule has 1 N–H and O–H groups in total. The fraction of sp³-hybridized carbons (Fsp3) is 0.286. The molecule has 0 bridgehead atoms. The summed E-state index contributed by atoms with van der Waals surface area (Å²) in [6, 6.07) is 12.7. The molecule has 1 aromatic heterocycles. The molecule has 0 spiro atoms. The summed E-state index contributed by atoms with van der Waals surface area (Å²) < 4.78 is 8.03. The van der Waals surface area contributed by atoms with Crippen molar-refractivity contribution in [2.75, 3.05) is 11.1 Å². The Labute approximate surface area is 189 Å². The number of aromatic nitrogens is 3. The zero-order chi connectivity index (χ0) is 21.7. The molecule has 0 radical (unpaired) electrons. The van der Waals surface area contributed by atoms with Crippen LogP contribution in [0.25, 0.3) is 0 Å². The molecule has 1 unspecified atom stereocenters. The Morgan fingerprint density at radius 1 is 1.20 bits per heavy atom. The van der Waals surface area contributed by atoms with Gasteiger partial charge < -0.3 is 14.6 Å². The van der Waals surface area contributed by atoms with Gasteiger partial charge in [-0.2, -0.15) is 0 Å². The number of amides is 1. The zero-order valence-corrected chi connectivity index (χ0v) is 19.2. The molecule has 0 fully saturated rings. The molecule has 158 valence electrons. The summed E-state index contributed by atoms with van der Waals surface area (Å²) in [7, 11) is 0. The van der Waals surface area contributed by atoms with Gasteiger partial charge in [0.1, 0.15) is 5.75 Å². The third-order valence-corrected chi connectivity index (χ3v) is 5.70. The van der Waals surface area contributed by atoms with E-state index in [1.54, 1.807) is 18.2 Å². The number of ether oxygens (including phenoxy) is 1. The van der Waals surface area contributed by atoms with Crippen LogP contribution in [0.2, 0.25) is 10.0 Å². The highest BCUT2D eigenvalue weighted by Crippen LogP contribution is 2.27. The first-order valence-corrected chi connectivity index (χ1v) is 11.2. The van der Waals surface area contributed by atoms with Gasteiger partial charge in [-0.1, -0.05) is 53.2 Å². The van der Waals surface area contributed by atoms with Crippen molar-refractivity contribution in [1.82, 2.24) is 14.8 Å².